The van der Waals surface area contributed by atoms with Crippen molar-refractivity contribution in [2.75, 3.05) is 6.61 Å². The molecular formula is C23H33NO4. The SMILES string of the molecule is CC[C@]12CCC3C(C[C@@H](CO)C4=C/C(=N/O)CC[C@@H]43)C1CC[C@@]21C=CC(O)O1. The number of fused-ring (bicyclic) bond motifs is 6. The molecule has 0 aromatic carbocycles. The third-order valence-electron chi connectivity index (χ3n) is 9.23. The number of hydrogen-bond donors (Lipinski definition) is 3. The fraction of sp³-hybridized carbons (Fsp3) is 0.783. The van der Waals surface area contributed by atoms with Crippen molar-refractivity contribution in [1.29, 1.82) is 0 Å². The highest BCUT2D eigenvalue weighted by atomic mass is 16.6. The van der Waals surface area contributed by atoms with Crippen molar-refractivity contribution in [3.05, 3.63) is 23.8 Å². The maximum Gasteiger partial charge on any atom is 0.175 e. The number of allylic oxidation sites excluding steroid dienone is 1. The number of aliphatic hydroxyl groups excluding tert-OH is 2. The molecular weight excluding hydrogens is 354 g/mol. The van der Waals surface area contributed by atoms with Crippen LogP contribution >= 0.6 is 0 Å². The molecule has 0 amide bonds. The number of oxime groups is 1. The van der Waals surface area contributed by atoms with Gasteiger partial charge in [-0.25, -0.2) is 0 Å². The van der Waals surface area contributed by atoms with Gasteiger partial charge in [0, 0.05) is 17.9 Å². The average molecular weight is 388 g/mol. The Morgan fingerprint density at radius 3 is 2.75 bits per heavy atom. The maximum absolute atomic E-state index is 10.2. The zero-order chi connectivity index (χ0) is 19.5. The smallest absolute Gasteiger partial charge is 0.175 e. The van der Waals surface area contributed by atoms with Crippen molar-refractivity contribution in [3.8, 4) is 0 Å². The second kappa shape index (κ2) is 6.68. The third kappa shape index (κ3) is 2.39. The largest absolute Gasteiger partial charge is 0.411 e. The molecule has 8 atom stereocenters. The molecule has 0 radical (unpaired) electrons. The van der Waals surface area contributed by atoms with Crippen molar-refractivity contribution >= 4 is 5.71 Å². The Balaban J connectivity index is 1.50. The van der Waals surface area contributed by atoms with Crippen molar-refractivity contribution in [3.63, 3.8) is 0 Å². The van der Waals surface area contributed by atoms with Crippen LogP contribution in [0.5, 0.6) is 0 Å². The summed E-state index contributed by atoms with van der Waals surface area (Å²) in [5.41, 5.74) is 1.90. The highest BCUT2D eigenvalue weighted by molar-refractivity contribution is 5.96. The minimum Gasteiger partial charge on any atom is -0.411 e. The van der Waals surface area contributed by atoms with Crippen molar-refractivity contribution < 1.29 is 20.2 Å². The lowest BCUT2D eigenvalue weighted by Gasteiger charge is -2.58. The van der Waals surface area contributed by atoms with E-state index in [1.165, 1.54) is 12.0 Å². The third-order valence-corrected chi connectivity index (χ3v) is 9.23. The summed E-state index contributed by atoms with van der Waals surface area (Å²) in [5.74, 6) is 2.55. The van der Waals surface area contributed by atoms with Crippen molar-refractivity contribution in [2.24, 2.45) is 40.2 Å². The van der Waals surface area contributed by atoms with E-state index in [9.17, 15) is 15.4 Å². The summed E-state index contributed by atoms with van der Waals surface area (Å²) in [6, 6.07) is 0. The van der Waals surface area contributed by atoms with Crippen LogP contribution in [0.25, 0.3) is 0 Å². The molecule has 1 heterocycles. The van der Waals surface area contributed by atoms with Gasteiger partial charge in [-0.3, -0.25) is 0 Å². The number of ether oxygens (including phenoxy) is 1. The van der Waals surface area contributed by atoms with Gasteiger partial charge < -0.3 is 20.2 Å². The van der Waals surface area contributed by atoms with Crippen LogP contribution in [0, 0.1) is 35.0 Å². The molecule has 154 valence electrons. The van der Waals surface area contributed by atoms with E-state index in [0.717, 1.165) is 50.7 Å². The van der Waals surface area contributed by atoms with Gasteiger partial charge in [-0.1, -0.05) is 23.7 Å². The summed E-state index contributed by atoms with van der Waals surface area (Å²) in [4.78, 5) is 0. The zero-order valence-corrected chi connectivity index (χ0v) is 16.8. The molecule has 0 bridgehead atoms. The summed E-state index contributed by atoms with van der Waals surface area (Å²) in [6.07, 6.45) is 13.8. The van der Waals surface area contributed by atoms with Gasteiger partial charge in [0.05, 0.1) is 11.3 Å². The normalized spacial score (nSPS) is 51.1. The van der Waals surface area contributed by atoms with E-state index in [0.29, 0.717) is 23.7 Å². The summed E-state index contributed by atoms with van der Waals surface area (Å²) < 4.78 is 6.18. The van der Waals surface area contributed by atoms with Gasteiger partial charge in [0.2, 0.25) is 0 Å². The van der Waals surface area contributed by atoms with Gasteiger partial charge in [0.1, 0.15) is 0 Å². The van der Waals surface area contributed by atoms with E-state index in [1.807, 2.05) is 6.08 Å². The fourth-order valence-electron chi connectivity index (χ4n) is 8.15. The lowest BCUT2D eigenvalue weighted by atomic mass is 9.48. The first-order valence-corrected chi connectivity index (χ1v) is 11.2. The first-order valence-electron chi connectivity index (χ1n) is 11.2. The second-order valence-corrected chi connectivity index (χ2v) is 9.77. The van der Waals surface area contributed by atoms with Crippen LogP contribution in [0.3, 0.4) is 0 Å². The van der Waals surface area contributed by atoms with Crippen LogP contribution in [-0.4, -0.2) is 39.6 Å². The van der Waals surface area contributed by atoms with Crippen LogP contribution < -0.4 is 0 Å². The number of aliphatic hydroxyl groups is 2. The molecule has 5 nitrogen and oxygen atoms in total. The second-order valence-electron chi connectivity index (χ2n) is 9.77. The van der Waals surface area contributed by atoms with Gasteiger partial charge in [0.25, 0.3) is 0 Å². The Hall–Kier alpha value is -1.17. The van der Waals surface area contributed by atoms with E-state index in [4.69, 9.17) is 4.74 Å². The summed E-state index contributed by atoms with van der Waals surface area (Å²) in [5, 5.41) is 33.0. The first-order chi connectivity index (χ1) is 13.6. The average Bonchev–Trinajstić information content (AvgIpc) is 3.27. The predicted molar refractivity (Wildman–Crippen MR) is 106 cm³/mol. The summed E-state index contributed by atoms with van der Waals surface area (Å²) in [7, 11) is 0. The van der Waals surface area contributed by atoms with Crippen molar-refractivity contribution in [1.82, 2.24) is 0 Å². The minimum absolute atomic E-state index is 0.107. The van der Waals surface area contributed by atoms with E-state index in [-0.39, 0.29) is 23.5 Å². The highest BCUT2D eigenvalue weighted by Crippen LogP contribution is 2.68. The summed E-state index contributed by atoms with van der Waals surface area (Å²) >= 11 is 0. The molecule has 28 heavy (non-hydrogen) atoms. The number of nitrogens with zero attached hydrogens (tertiary/aromatic N) is 1. The molecule has 5 heteroatoms. The molecule has 3 fully saturated rings. The molecule has 5 rings (SSSR count). The maximum atomic E-state index is 10.2. The Morgan fingerprint density at radius 2 is 2.07 bits per heavy atom. The minimum atomic E-state index is -0.763. The topological polar surface area (TPSA) is 82.3 Å². The number of rotatable bonds is 2. The van der Waals surface area contributed by atoms with Crippen LogP contribution in [0.1, 0.15) is 58.3 Å². The van der Waals surface area contributed by atoms with E-state index in [2.05, 4.69) is 24.2 Å². The fourth-order valence-corrected chi connectivity index (χ4v) is 8.15. The molecule has 5 aliphatic rings. The van der Waals surface area contributed by atoms with E-state index >= 15 is 0 Å². The molecule has 3 N–H and O–H groups in total. The summed E-state index contributed by atoms with van der Waals surface area (Å²) in [6.45, 7) is 2.47. The Kier molecular flexibility index (Phi) is 4.49. The first kappa shape index (κ1) is 18.8. The van der Waals surface area contributed by atoms with Crippen LogP contribution in [0.2, 0.25) is 0 Å². The molecule has 1 spiro atoms. The monoisotopic (exact) mass is 387 g/mol. The lowest BCUT2D eigenvalue weighted by molar-refractivity contribution is -0.189. The van der Waals surface area contributed by atoms with Gasteiger partial charge in [-0.15, -0.1) is 0 Å². The molecule has 0 saturated heterocycles. The van der Waals surface area contributed by atoms with E-state index in [1.54, 1.807) is 0 Å². The van der Waals surface area contributed by atoms with Gasteiger partial charge in [-0.2, -0.15) is 0 Å². The van der Waals surface area contributed by atoms with E-state index < -0.39 is 6.29 Å². The molecule has 4 aliphatic carbocycles. The highest BCUT2D eigenvalue weighted by Gasteiger charge is 2.65. The van der Waals surface area contributed by atoms with Crippen LogP contribution in [0.15, 0.2) is 29.0 Å². The molecule has 4 unspecified atom stereocenters. The van der Waals surface area contributed by atoms with Crippen LogP contribution in [-0.2, 0) is 4.74 Å². The molecule has 3 saturated carbocycles. The Morgan fingerprint density at radius 1 is 1.21 bits per heavy atom. The predicted octanol–water partition coefficient (Wildman–Crippen LogP) is 3.64. The lowest BCUT2D eigenvalue weighted by Crippen LogP contribution is -2.55. The van der Waals surface area contributed by atoms with Crippen LogP contribution in [0.4, 0.5) is 0 Å². The van der Waals surface area contributed by atoms with Crippen molar-refractivity contribution in [2.45, 2.75) is 70.2 Å². The number of hydrogen-bond acceptors (Lipinski definition) is 5. The quantitative estimate of drug-likeness (QED) is 0.384. The zero-order valence-electron chi connectivity index (χ0n) is 16.8. The molecule has 0 aromatic heterocycles. The Labute approximate surface area is 167 Å². The standard InChI is InChI=1S/C23H33NO4/c1-2-22-8-5-17-16-4-3-15(24-27)12-18(16)14(13-25)11-19(17)20(22)6-9-23(22)10-7-21(26)28-23/h7,10,12,14,16-17,19-21,25-27H,2-6,8-9,11,13H2,1H3/b24-15+/t14-,16+,17?,19?,20?,21?,22-,23+/m0/s1. The van der Waals surface area contributed by atoms with Gasteiger partial charge in [-0.05, 0) is 87.2 Å². The van der Waals surface area contributed by atoms with Gasteiger partial charge >= 0.3 is 0 Å². The Bertz CT molecular complexity index is 730. The van der Waals surface area contributed by atoms with Gasteiger partial charge in [0.15, 0.2) is 6.29 Å². The molecule has 1 aliphatic heterocycles. The molecule has 0 aromatic rings.